The van der Waals surface area contributed by atoms with Crippen molar-refractivity contribution < 1.29 is 4.39 Å². The molecule has 2 aromatic rings. The number of guanidine groups is 1. The molecule has 2 heterocycles. The first kappa shape index (κ1) is 19.1. The summed E-state index contributed by atoms with van der Waals surface area (Å²) in [6, 6.07) is 11.9. The van der Waals surface area contributed by atoms with E-state index >= 15 is 0 Å². The third-order valence-corrected chi connectivity index (χ3v) is 5.01. The van der Waals surface area contributed by atoms with Gasteiger partial charge in [0.1, 0.15) is 0 Å². The van der Waals surface area contributed by atoms with Crippen molar-refractivity contribution >= 4 is 11.8 Å². The molecule has 2 atom stereocenters. The lowest BCUT2D eigenvalue weighted by Gasteiger charge is -2.21. The molecule has 0 saturated carbocycles. The molecule has 6 heteroatoms. The highest BCUT2D eigenvalue weighted by atomic mass is 19.1. The minimum atomic E-state index is -0.271. The molecule has 0 bridgehead atoms. The fourth-order valence-corrected chi connectivity index (χ4v) is 3.33. The van der Waals surface area contributed by atoms with Gasteiger partial charge in [-0.3, -0.25) is 4.99 Å². The number of aromatic nitrogens is 1. The molecule has 0 radical (unpaired) electrons. The van der Waals surface area contributed by atoms with Crippen LogP contribution < -0.4 is 15.5 Å². The molecule has 5 nitrogen and oxygen atoms in total. The van der Waals surface area contributed by atoms with E-state index in [1.54, 1.807) is 19.3 Å². The van der Waals surface area contributed by atoms with Gasteiger partial charge < -0.3 is 15.5 Å². The molecule has 0 spiro atoms. The van der Waals surface area contributed by atoms with Crippen molar-refractivity contribution in [2.24, 2.45) is 4.99 Å². The van der Waals surface area contributed by atoms with Crippen LogP contribution in [0.4, 0.5) is 10.2 Å². The van der Waals surface area contributed by atoms with Crippen LogP contribution >= 0.6 is 0 Å². The van der Waals surface area contributed by atoms with E-state index in [0.29, 0.717) is 18.3 Å². The Labute approximate surface area is 160 Å². The Morgan fingerprint density at radius 1 is 1.33 bits per heavy atom. The smallest absolute Gasteiger partial charge is 0.191 e. The van der Waals surface area contributed by atoms with Crippen LogP contribution in [0, 0.1) is 12.7 Å². The molecule has 1 saturated heterocycles. The van der Waals surface area contributed by atoms with Crippen LogP contribution in [-0.2, 0) is 0 Å². The summed E-state index contributed by atoms with van der Waals surface area (Å²) in [5.74, 6) is 1.32. The summed E-state index contributed by atoms with van der Waals surface area (Å²) in [5, 5.41) is 6.85. The van der Waals surface area contributed by atoms with Gasteiger partial charge in [0.05, 0.1) is 0 Å². The van der Waals surface area contributed by atoms with Crippen LogP contribution in [0.5, 0.6) is 0 Å². The molecule has 1 aromatic heterocycles. The fourth-order valence-electron chi connectivity index (χ4n) is 3.33. The molecule has 2 N–H and O–H groups in total. The minimum Gasteiger partial charge on any atom is -0.356 e. The van der Waals surface area contributed by atoms with E-state index < -0.39 is 0 Å². The number of pyridine rings is 1. The number of hydrogen-bond acceptors (Lipinski definition) is 3. The van der Waals surface area contributed by atoms with Gasteiger partial charge in [0.2, 0.25) is 0 Å². The second kappa shape index (κ2) is 8.84. The van der Waals surface area contributed by atoms with Crippen molar-refractivity contribution in [1.29, 1.82) is 0 Å². The Morgan fingerprint density at radius 2 is 2.11 bits per heavy atom. The predicted molar refractivity (Wildman–Crippen MR) is 109 cm³/mol. The van der Waals surface area contributed by atoms with E-state index in [4.69, 9.17) is 0 Å². The number of aryl methyl sites for hydroxylation is 1. The minimum absolute atomic E-state index is 0.215. The van der Waals surface area contributed by atoms with Gasteiger partial charge in [0.15, 0.2) is 17.6 Å². The predicted octanol–water partition coefficient (Wildman–Crippen LogP) is 3.08. The van der Waals surface area contributed by atoms with Gasteiger partial charge in [-0.1, -0.05) is 36.8 Å². The fraction of sp³-hybridized carbons (Fsp3) is 0.429. The SMILES string of the molecule is CN=C(NCC(C)c1ccc(C)cc1)NC1CCN(c2ncccc2F)C1. The second-order valence-corrected chi connectivity index (χ2v) is 7.15. The van der Waals surface area contributed by atoms with Crippen LogP contribution in [0.1, 0.15) is 30.4 Å². The molecule has 1 aliphatic rings. The zero-order chi connectivity index (χ0) is 19.2. The van der Waals surface area contributed by atoms with E-state index in [9.17, 15) is 4.39 Å². The van der Waals surface area contributed by atoms with Crippen molar-refractivity contribution in [2.75, 3.05) is 31.6 Å². The maximum Gasteiger partial charge on any atom is 0.191 e. The molecule has 0 aliphatic carbocycles. The Balaban J connectivity index is 1.51. The number of aliphatic imine (C=N–C) groups is 1. The number of anilines is 1. The number of hydrogen-bond donors (Lipinski definition) is 2. The van der Waals surface area contributed by atoms with E-state index in [1.165, 1.54) is 17.2 Å². The molecule has 2 unspecified atom stereocenters. The first-order valence-electron chi connectivity index (χ1n) is 9.46. The molecular formula is C21H28FN5. The van der Waals surface area contributed by atoms with Gasteiger partial charge in [-0.15, -0.1) is 0 Å². The van der Waals surface area contributed by atoms with E-state index in [-0.39, 0.29) is 11.9 Å². The Morgan fingerprint density at radius 3 is 2.81 bits per heavy atom. The normalized spacial score (nSPS) is 18.4. The summed E-state index contributed by atoms with van der Waals surface area (Å²) in [7, 11) is 1.77. The molecule has 0 amide bonds. The molecular weight excluding hydrogens is 341 g/mol. The summed E-state index contributed by atoms with van der Waals surface area (Å²) >= 11 is 0. The van der Waals surface area contributed by atoms with Crippen LogP contribution in [-0.4, -0.2) is 43.7 Å². The molecule has 1 aliphatic heterocycles. The van der Waals surface area contributed by atoms with E-state index in [2.05, 4.69) is 58.7 Å². The zero-order valence-corrected chi connectivity index (χ0v) is 16.2. The number of nitrogens with zero attached hydrogens (tertiary/aromatic N) is 3. The lowest BCUT2D eigenvalue weighted by atomic mass is 10.0. The first-order valence-corrected chi connectivity index (χ1v) is 9.46. The van der Waals surface area contributed by atoms with Crippen LogP contribution in [0.25, 0.3) is 0 Å². The maximum absolute atomic E-state index is 13.9. The summed E-state index contributed by atoms with van der Waals surface area (Å²) in [6.45, 7) is 6.59. The second-order valence-electron chi connectivity index (χ2n) is 7.15. The highest BCUT2D eigenvalue weighted by Gasteiger charge is 2.26. The Kier molecular flexibility index (Phi) is 6.27. The molecule has 3 rings (SSSR count). The summed E-state index contributed by atoms with van der Waals surface area (Å²) in [5.41, 5.74) is 2.58. The van der Waals surface area contributed by atoms with Gasteiger partial charge in [-0.2, -0.15) is 0 Å². The van der Waals surface area contributed by atoms with Crippen LogP contribution in [0.3, 0.4) is 0 Å². The van der Waals surface area contributed by atoms with Crippen molar-refractivity contribution in [3.63, 3.8) is 0 Å². The number of rotatable bonds is 5. The van der Waals surface area contributed by atoms with Gasteiger partial charge in [-0.05, 0) is 37.0 Å². The first-order chi connectivity index (χ1) is 13.1. The molecule has 1 aromatic carbocycles. The lowest BCUT2D eigenvalue weighted by Crippen LogP contribution is -2.45. The summed E-state index contributed by atoms with van der Waals surface area (Å²) in [4.78, 5) is 10.5. The van der Waals surface area contributed by atoms with Crippen molar-refractivity contribution in [1.82, 2.24) is 15.6 Å². The zero-order valence-electron chi connectivity index (χ0n) is 16.2. The van der Waals surface area contributed by atoms with Crippen molar-refractivity contribution in [3.8, 4) is 0 Å². The number of halogens is 1. The van der Waals surface area contributed by atoms with Crippen molar-refractivity contribution in [3.05, 3.63) is 59.5 Å². The molecule has 1 fully saturated rings. The third kappa shape index (κ3) is 4.96. The average molecular weight is 369 g/mol. The molecule has 144 valence electrons. The third-order valence-electron chi connectivity index (χ3n) is 5.01. The van der Waals surface area contributed by atoms with Gasteiger partial charge >= 0.3 is 0 Å². The Hall–Kier alpha value is -2.63. The van der Waals surface area contributed by atoms with Crippen LogP contribution in [0.2, 0.25) is 0 Å². The highest BCUT2D eigenvalue weighted by molar-refractivity contribution is 5.80. The largest absolute Gasteiger partial charge is 0.356 e. The summed E-state index contributed by atoms with van der Waals surface area (Å²) < 4.78 is 13.9. The average Bonchev–Trinajstić information content (AvgIpc) is 3.14. The van der Waals surface area contributed by atoms with E-state index in [1.807, 2.05) is 4.90 Å². The van der Waals surface area contributed by atoms with Crippen molar-refractivity contribution in [2.45, 2.75) is 32.2 Å². The van der Waals surface area contributed by atoms with Gasteiger partial charge in [0.25, 0.3) is 0 Å². The highest BCUT2D eigenvalue weighted by Crippen LogP contribution is 2.20. The standard InChI is InChI=1S/C21H28FN5/c1-15-6-8-17(9-7-15)16(2)13-25-21(23-3)26-18-10-12-27(14-18)20-19(22)5-4-11-24-20/h4-9,11,16,18H,10,12-14H2,1-3H3,(H2,23,25,26). The quantitative estimate of drug-likeness (QED) is 0.628. The van der Waals surface area contributed by atoms with Gasteiger partial charge in [0, 0.05) is 38.9 Å². The number of nitrogens with one attached hydrogen (secondary N) is 2. The lowest BCUT2D eigenvalue weighted by molar-refractivity contribution is 0.611. The van der Waals surface area contributed by atoms with E-state index in [0.717, 1.165) is 25.5 Å². The monoisotopic (exact) mass is 369 g/mol. The van der Waals surface area contributed by atoms with Gasteiger partial charge in [-0.25, -0.2) is 9.37 Å². The topological polar surface area (TPSA) is 52.6 Å². The summed E-state index contributed by atoms with van der Waals surface area (Å²) in [6.07, 6.45) is 2.55. The Bertz CT molecular complexity index is 774. The molecule has 27 heavy (non-hydrogen) atoms. The number of benzene rings is 1. The maximum atomic E-state index is 13.9. The van der Waals surface area contributed by atoms with Crippen LogP contribution in [0.15, 0.2) is 47.6 Å².